The van der Waals surface area contributed by atoms with Crippen LogP contribution in [0.2, 0.25) is 0 Å². The maximum atomic E-state index is 12.0. The molecule has 4 heteroatoms. The molecule has 0 radical (unpaired) electrons. The number of hydrogen-bond donors (Lipinski definition) is 1. The highest BCUT2D eigenvalue weighted by Crippen LogP contribution is 2.09. The van der Waals surface area contributed by atoms with Crippen molar-refractivity contribution in [3.63, 3.8) is 0 Å². The second-order valence-corrected chi connectivity index (χ2v) is 5.59. The molecule has 1 amide bonds. The van der Waals surface area contributed by atoms with E-state index in [0.717, 1.165) is 0 Å². The van der Waals surface area contributed by atoms with Gasteiger partial charge in [-0.2, -0.15) is 0 Å². The van der Waals surface area contributed by atoms with E-state index in [0.29, 0.717) is 32.8 Å². The Morgan fingerprint density at radius 3 is 2.56 bits per heavy atom. The number of morpholine rings is 1. The maximum Gasteiger partial charge on any atom is 0.239 e. The number of rotatable bonds is 3. The molecule has 1 atom stereocenters. The van der Waals surface area contributed by atoms with Crippen molar-refractivity contribution in [2.24, 2.45) is 5.41 Å². The Bertz CT molecular complexity index is 330. The molecule has 102 valence electrons. The summed E-state index contributed by atoms with van der Waals surface area (Å²) in [6.45, 7) is 11.3. The summed E-state index contributed by atoms with van der Waals surface area (Å²) in [6, 6.07) is -0.183. The maximum absolute atomic E-state index is 12.0. The van der Waals surface area contributed by atoms with Gasteiger partial charge in [0.1, 0.15) is 0 Å². The van der Waals surface area contributed by atoms with Gasteiger partial charge in [0, 0.05) is 18.5 Å². The van der Waals surface area contributed by atoms with Gasteiger partial charge in [-0.05, 0) is 27.7 Å². The van der Waals surface area contributed by atoms with Gasteiger partial charge in [-0.3, -0.25) is 10.1 Å². The molecule has 1 fully saturated rings. The van der Waals surface area contributed by atoms with E-state index in [1.54, 1.807) is 0 Å². The van der Waals surface area contributed by atoms with Crippen molar-refractivity contribution in [2.45, 2.75) is 33.7 Å². The molecule has 4 nitrogen and oxygen atoms in total. The number of nitrogens with one attached hydrogen (secondary N) is 1. The zero-order valence-corrected chi connectivity index (χ0v) is 11.9. The molecular weight excluding hydrogens is 228 g/mol. The van der Waals surface area contributed by atoms with Gasteiger partial charge in [-0.25, -0.2) is 0 Å². The minimum atomic E-state index is -0.183. The van der Waals surface area contributed by atoms with Crippen molar-refractivity contribution < 1.29 is 9.53 Å². The Balaban J connectivity index is 2.33. The fourth-order valence-corrected chi connectivity index (χ4v) is 1.66. The predicted octanol–water partition coefficient (Wildman–Crippen LogP) is 0.873. The Morgan fingerprint density at radius 2 is 2.00 bits per heavy atom. The third-order valence-electron chi connectivity index (χ3n) is 2.65. The standard InChI is InChI=1S/C14H24N2O2/c1-12(15-7-5-6-14(2,3)4)13(17)16-8-10-18-11-9-16/h12,15H,7-11H2,1-4H3. The minimum Gasteiger partial charge on any atom is -0.378 e. The zero-order valence-electron chi connectivity index (χ0n) is 11.9. The first-order valence-corrected chi connectivity index (χ1v) is 6.50. The Hall–Kier alpha value is -1.05. The van der Waals surface area contributed by atoms with Crippen LogP contribution in [0.4, 0.5) is 0 Å². The van der Waals surface area contributed by atoms with Crippen LogP contribution in [0, 0.1) is 17.3 Å². The molecule has 0 saturated carbocycles. The molecule has 18 heavy (non-hydrogen) atoms. The summed E-state index contributed by atoms with van der Waals surface area (Å²) in [6.07, 6.45) is 0. The van der Waals surface area contributed by atoms with E-state index in [4.69, 9.17) is 4.74 Å². The third kappa shape index (κ3) is 5.52. The van der Waals surface area contributed by atoms with Gasteiger partial charge in [0.05, 0.1) is 25.8 Å². The van der Waals surface area contributed by atoms with E-state index in [-0.39, 0.29) is 17.4 Å². The van der Waals surface area contributed by atoms with Crippen molar-refractivity contribution in [2.75, 3.05) is 32.8 Å². The number of amides is 1. The summed E-state index contributed by atoms with van der Waals surface area (Å²) in [5.41, 5.74) is 0.0130. The average molecular weight is 252 g/mol. The van der Waals surface area contributed by atoms with Gasteiger partial charge in [0.15, 0.2) is 0 Å². The van der Waals surface area contributed by atoms with Crippen molar-refractivity contribution in [1.29, 1.82) is 0 Å². The van der Waals surface area contributed by atoms with Crippen LogP contribution in [-0.2, 0) is 9.53 Å². The SMILES string of the molecule is CC(NCC#CC(C)(C)C)C(=O)N1CCOCC1. The van der Waals surface area contributed by atoms with Gasteiger partial charge in [0.2, 0.25) is 5.91 Å². The van der Waals surface area contributed by atoms with E-state index >= 15 is 0 Å². The molecule has 1 aliphatic rings. The molecule has 1 rings (SSSR count). The van der Waals surface area contributed by atoms with Gasteiger partial charge in [-0.15, -0.1) is 0 Å². The lowest BCUT2D eigenvalue weighted by molar-refractivity contribution is -0.137. The van der Waals surface area contributed by atoms with E-state index in [2.05, 4.69) is 37.9 Å². The topological polar surface area (TPSA) is 41.6 Å². The molecule has 0 aromatic carbocycles. The van der Waals surface area contributed by atoms with Crippen LogP contribution in [0.1, 0.15) is 27.7 Å². The van der Waals surface area contributed by atoms with E-state index in [1.807, 2.05) is 11.8 Å². The molecule has 1 N–H and O–H groups in total. The lowest BCUT2D eigenvalue weighted by atomic mass is 9.98. The molecule has 1 unspecified atom stereocenters. The van der Waals surface area contributed by atoms with Crippen molar-refractivity contribution in [3.8, 4) is 11.8 Å². The molecular formula is C14H24N2O2. The molecule has 1 heterocycles. The van der Waals surface area contributed by atoms with Crippen LogP contribution in [0.15, 0.2) is 0 Å². The summed E-state index contributed by atoms with van der Waals surface area (Å²) >= 11 is 0. The number of nitrogens with zero attached hydrogens (tertiary/aromatic N) is 1. The first kappa shape index (κ1) is 15.0. The Kier molecular flexibility index (Phi) is 5.64. The highest BCUT2D eigenvalue weighted by Gasteiger charge is 2.21. The summed E-state index contributed by atoms with van der Waals surface area (Å²) in [5.74, 6) is 6.33. The summed E-state index contributed by atoms with van der Waals surface area (Å²) in [7, 11) is 0. The highest BCUT2D eigenvalue weighted by atomic mass is 16.5. The number of carbonyl (C=O) groups is 1. The molecule has 0 spiro atoms. The summed E-state index contributed by atoms with van der Waals surface area (Å²) < 4.78 is 5.23. The van der Waals surface area contributed by atoms with Crippen LogP contribution in [0.5, 0.6) is 0 Å². The van der Waals surface area contributed by atoms with Crippen LogP contribution < -0.4 is 5.32 Å². The Labute approximate surface area is 110 Å². The fourth-order valence-electron chi connectivity index (χ4n) is 1.66. The second-order valence-electron chi connectivity index (χ2n) is 5.59. The normalized spacial score (nSPS) is 17.9. The predicted molar refractivity (Wildman–Crippen MR) is 72.1 cm³/mol. The minimum absolute atomic E-state index is 0.0130. The third-order valence-corrected chi connectivity index (χ3v) is 2.65. The van der Waals surface area contributed by atoms with Crippen molar-refractivity contribution in [1.82, 2.24) is 10.2 Å². The largest absolute Gasteiger partial charge is 0.378 e. The lowest BCUT2D eigenvalue weighted by Crippen LogP contribution is -2.49. The van der Waals surface area contributed by atoms with E-state index < -0.39 is 0 Å². The number of carbonyl (C=O) groups excluding carboxylic acids is 1. The van der Waals surface area contributed by atoms with Gasteiger partial charge in [-0.1, -0.05) is 11.8 Å². The van der Waals surface area contributed by atoms with Crippen molar-refractivity contribution in [3.05, 3.63) is 0 Å². The Morgan fingerprint density at radius 1 is 1.39 bits per heavy atom. The molecule has 1 aliphatic heterocycles. The summed E-state index contributed by atoms with van der Waals surface area (Å²) in [5, 5.41) is 3.15. The fraction of sp³-hybridized carbons (Fsp3) is 0.786. The molecule has 1 saturated heterocycles. The monoisotopic (exact) mass is 252 g/mol. The smallest absolute Gasteiger partial charge is 0.239 e. The molecule has 0 aromatic rings. The summed E-state index contributed by atoms with van der Waals surface area (Å²) in [4.78, 5) is 13.9. The zero-order chi connectivity index (χ0) is 13.6. The van der Waals surface area contributed by atoms with Gasteiger partial charge < -0.3 is 9.64 Å². The molecule has 0 aromatic heterocycles. The molecule has 0 aliphatic carbocycles. The first-order chi connectivity index (χ1) is 8.40. The highest BCUT2D eigenvalue weighted by molar-refractivity contribution is 5.81. The number of ether oxygens (including phenoxy) is 1. The van der Waals surface area contributed by atoms with Gasteiger partial charge >= 0.3 is 0 Å². The van der Waals surface area contributed by atoms with Crippen LogP contribution in [0.3, 0.4) is 0 Å². The molecule has 0 bridgehead atoms. The first-order valence-electron chi connectivity index (χ1n) is 6.50. The average Bonchev–Trinajstić information content (AvgIpc) is 2.33. The van der Waals surface area contributed by atoms with Crippen LogP contribution >= 0.6 is 0 Å². The van der Waals surface area contributed by atoms with Crippen molar-refractivity contribution >= 4 is 5.91 Å². The second kappa shape index (κ2) is 6.77. The van der Waals surface area contributed by atoms with Gasteiger partial charge in [0.25, 0.3) is 0 Å². The quantitative estimate of drug-likeness (QED) is 0.758. The van der Waals surface area contributed by atoms with E-state index in [9.17, 15) is 4.79 Å². The van der Waals surface area contributed by atoms with E-state index in [1.165, 1.54) is 0 Å². The van der Waals surface area contributed by atoms with Crippen LogP contribution in [0.25, 0.3) is 0 Å². The lowest BCUT2D eigenvalue weighted by Gasteiger charge is -2.29. The van der Waals surface area contributed by atoms with Crippen LogP contribution in [-0.4, -0.2) is 49.7 Å². The number of hydrogen-bond acceptors (Lipinski definition) is 3.